The SMILES string of the molecule is C/C=C(\C=C(\c1ccc(C#N)c(F)c1)C(C)C)C(=O)N1CCCC(N)C1.CC.CCCCc1ccc(C)cc1. The third-order valence-corrected chi connectivity index (χ3v) is 6.60. The monoisotopic (exact) mass is 533 g/mol. The summed E-state index contributed by atoms with van der Waals surface area (Å²) in [5, 5.41) is 8.90. The zero-order valence-corrected chi connectivity index (χ0v) is 25.1. The van der Waals surface area contributed by atoms with Gasteiger partial charge in [-0.05, 0) is 80.4 Å². The summed E-state index contributed by atoms with van der Waals surface area (Å²) < 4.78 is 14.0. The molecule has 5 heteroatoms. The summed E-state index contributed by atoms with van der Waals surface area (Å²) in [6.45, 7) is 15.4. The number of carbonyl (C=O) groups excluding carboxylic acids is 1. The highest BCUT2D eigenvalue weighted by molar-refractivity contribution is 5.98. The van der Waals surface area contributed by atoms with Gasteiger partial charge in [0.25, 0.3) is 5.91 Å². The number of hydrogen-bond donors (Lipinski definition) is 1. The van der Waals surface area contributed by atoms with Crippen LogP contribution < -0.4 is 5.73 Å². The molecule has 1 aliphatic heterocycles. The Labute approximate surface area is 236 Å². The summed E-state index contributed by atoms with van der Waals surface area (Å²) in [6, 6.07) is 15.2. The van der Waals surface area contributed by atoms with Crippen molar-refractivity contribution in [3.63, 3.8) is 0 Å². The number of halogens is 1. The normalized spacial score (nSPS) is 15.5. The minimum absolute atomic E-state index is 0.0153. The molecule has 1 amide bonds. The molecule has 3 rings (SSSR count). The van der Waals surface area contributed by atoms with E-state index in [2.05, 4.69) is 38.1 Å². The highest BCUT2D eigenvalue weighted by atomic mass is 19.1. The fraction of sp³-hybridized carbons (Fsp3) is 0.471. The molecule has 1 saturated heterocycles. The van der Waals surface area contributed by atoms with Crippen molar-refractivity contribution in [1.82, 2.24) is 4.90 Å². The first-order chi connectivity index (χ1) is 18.7. The average molecular weight is 534 g/mol. The molecule has 2 aromatic carbocycles. The molecule has 39 heavy (non-hydrogen) atoms. The lowest BCUT2D eigenvalue weighted by Gasteiger charge is -2.31. The van der Waals surface area contributed by atoms with E-state index in [1.165, 1.54) is 42.5 Å². The molecule has 0 aromatic heterocycles. The number of carbonyl (C=O) groups is 1. The summed E-state index contributed by atoms with van der Waals surface area (Å²) in [4.78, 5) is 14.7. The molecular formula is C34H48FN3O. The lowest BCUT2D eigenvalue weighted by molar-refractivity contribution is -0.127. The molecule has 0 radical (unpaired) electrons. The van der Waals surface area contributed by atoms with Crippen molar-refractivity contribution in [3.8, 4) is 6.07 Å². The third-order valence-electron chi connectivity index (χ3n) is 6.60. The zero-order valence-electron chi connectivity index (χ0n) is 25.1. The van der Waals surface area contributed by atoms with Gasteiger partial charge >= 0.3 is 0 Å². The molecule has 2 N–H and O–H groups in total. The number of nitrogens with two attached hydrogens (primary N) is 1. The van der Waals surface area contributed by atoms with Crippen molar-refractivity contribution in [2.45, 2.75) is 86.6 Å². The molecule has 4 nitrogen and oxygen atoms in total. The molecule has 1 atom stereocenters. The molecule has 1 fully saturated rings. The van der Waals surface area contributed by atoms with E-state index in [0.717, 1.165) is 18.4 Å². The Balaban J connectivity index is 0.000000487. The molecule has 1 heterocycles. The summed E-state index contributed by atoms with van der Waals surface area (Å²) in [6.07, 6.45) is 9.28. The first-order valence-electron chi connectivity index (χ1n) is 14.4. The number of hydrogen-bond acceptors (Lipinski definition) is 3. The number of aryl methyl sites for hydroxylation is 2. The fourth-order valence-electron chi connectivity index (χ4n) is 4.32. The summed E-state index contributed by atoms with van der Waals surface area (Å²) >= 11 is 0. The van der Waals surface area contributed by atoms with Gasteiger partial charge in [0, 0.05) is 24.7 Å². The maximum Gasteiger partial charge on any atom is 0.253 e. The number of allylic oxidation sites excluding steroid dienone is 2. The van der Waals surface area contributed by atoms with Crippen LogP contribution in [0, 0.1) is 30.0 Å². The van der Waals surface area contributed by atoms with Gasteiger partial charge in [-0.15, -0.1) is 0 Å². The Kier molecular flexibility index (Phi) is 15.7. The van der Waals surface area contributed by atoms with Crippen LogP contribution in [0.15, 0.2) is 60.2 Å². The van der Waals surface area contributed by atoms with Crippen LogP contribution >= 0.6 is 0 Å². The summed E-state index contributed by atoms with van der Waals surface area (Å²) in [7, 11) is 0. The lowest BCUT2D eigenvalue weighted by Crippen LogP contribution is -2.46. The smallest absolute Gasteiger partial charge is 0.253 e. The number of nitriles is 1. The van der Waals surface area contributed by atoms with Crippen LogP contribution in [-0.4, -0.2) is 29.9 Å². The number of likely N-dealkylation sites (tertiary alicyclic amines) is 1. The Morgan fingerprint density at radius 2 is 1.87 bits per heavy atom. The maximum absolute atomic E-state index is 14.0. The van der Waals surface area contributed by atoms with Crippen LogP contribution in [0.4, 0.5) is 4.39 Å². The number of unbranched alkanes of at least 4 members (excludes halogenated alkanes) is 1. The predicted octanol–water partition coefficient (Wildman–Crippen LogP) is 8.00. The van der Waals surface area contributed by atoms with E-state index in [0.29, 0.717) is 24.2 Å². The van der Waals surface area contributed by atoms with E-state index >= 15 is 0 Å². The number of amides is 1. The molecular weight excluding hydrogens is 485 g/mol. The van der Waals surface area contributed by atoms with Gasteiger partial charge in [0.05, 0.1) is 5.56 Å². The first-order valence-corrected chi connectivity index (χ1v) is 14.4. The largest absolute Gasteiger partial charge is 0.337 e. The molecule has 0 spiro atoms. The molecule has 0 saturated carbocycles. The van der Waals surface area contributed by atoms with Gasteiger partial charge in [0.2, 0.25) is 0 Å². The standard InChI is InChI=1S/C21H26FN3O.C11H16.C2H6/c1-4-15(21(26)25-9-5-6-18(24)13-25)10-19(14(2)3)16-7-8-17(12-23)20(22)11-16;1-3-4-5-11-8-6-10(2)7-9-11;1-2/h4,7-8,10-11,14,18H,5-6,9,13,24H2,1-3H3;6-9H,3-5H2,1-2H3;1-2H3/b15-4+,19-10+;;. The Bertz CT molecular complexity index is 1130. The van der Waals surface area contributed by atoms with E-state index < -0.39 is 5.82 Å². The second-order valence-corrected chi connectivity index (χ2v) is 10.0. The Morgan fingerprint density at radius 3 is 2.38 bits per heavy atom. The average Bonchev–Trinajstić information content (AvgIpc) is 2.94. The minimum atomic E-state index is -0.549. The molecule has 0 bridgehead atoms. The van der Waals surface area contributed by atoms with Crippen LogP contribution in [-0.2, 0) is 11.2 Å². The first kappa shape index (κ1) is 33.8. The number of benzene rings is 2. The topological polar surface area (TPSA) is 70.1 Å². The van der Waals surface area contributed by atoms with E-state index in [9.17, 15) is 9.18 Å². The van der Waals surface area contributed by atoms with Gasteiger partial charge in [-0.2, -0.15) is 5.26 Å². The highest BCUT2D eigenvalue weighted by Crippen LogP contribution is 2.27. The van der Waals surface area contributed by atoms with Crippen molar-refractivity contribution in [1.29, 1.82) is 5.26 Å². The van der Waals surface area contributed by atoms with Gasteiger partial charge in [-0.3, -0.25) is 4.79 Å². The Morgan fingerprint density at radius 1 is 1.21 bits per heavy atom. The van der Waals surface area contributed by atoms with Crippen molar-refractivity contribution in [2.75, 3.05) is 13.1 Å². The quantitative estimate of drug-likeness (QED) is 0.290. The Hall–Kier alpha value is -3.23. The molecule has 212 valence electrons. The van der Waals surface area contributed by atoms with Crippen LogP contribution in [0.1, 0.15) is 89.5 Å². The molecule has 1 aliphatic rings. The number of nitrogens with zero attached hydrogens (tertiary/aromatic N) is 2. The van der Waals surface area contributed by atoms with Crippen LogP contribution in [0.25, 0.3) is 5.57 Å². The second-order valence-electron chi connectivity index (χ2n) is 10.0. The predicted molar refractivity (Wildman–Crippen MR) is 163 cm³/mol. The van der Waals surface area contributed by atoms with Gasteiger partial charge < -0.3 is 10.6 Å². The van der Waals surface area contributed by atoms with Crippen LogP contribution in [0.2, 0.25) is 0 Å². The van der Waals surface area contributed by atoms with Crippen molar-refractivity contribution < 1.29 is 9.18 Å². The van der Waals surface area contributed by atoms with Crippen molar-refractivity contribution in [2.24, 2.45) is 11.7 Å². The van der Waals surface area contributed by atoms with Crippen LogP contribution in [0.5, 0.6) is 0 Å². The highest BCUT2D eigenvalue weighted by Gasteiger charge is 2.23. The fourth-order valence-corrected chi connectivity index (χ4v) is 4.32. The lowest BCUT2D eigenvalue weighted by atomic mass is 9.92. The van der Waals surface area contributed by atoms with Crippen molar-refractivity contribution >= 4 is 11.5 Å². The maximum atomic E-state index is 14.0. The summed E-state index contributed by atoms with van der Waals surface area (Å²) in [5.74, 6) is -0.504. The molecule has 2 aromatic rings. The second kappa shape index (κ2) is 18.1. The van der Waals surface area contributed by atoms with E-state index in [4.69, 9.17) is 11.0 Å². The van der Waals surface area contributed by atoms with E-state index in [1.807, 2.05) is 46.8 Å². The summed E-state index contributed by atoms with van der Waals surface area (Å²) in [5.41, 5.74) is 10.9. The van der Waals surface area contributed by atoms with Crippen molar-refractivity contribution in [3.05, 3.63) is 88.3 Å². The van der Waals surface area contributed by atoms with Gasteiger partial charge in [-0.25, -0.2) is 4.39 Å². The third kappa shape index (κ3) is 11.2. The van der Waals surface area contributed by atoms with Gasteiger partial charge in [0.1, 0.15) is 11.9 Å². The molecule has 0 aliphatic carbocycles. The van der Waals surface area contributed by atoms with E-state index in [1.54, 1.807) is 17.0 Å². The van der Waals surface area contributed by atoms with Gasteiger partial charge in [-0.1, -0.05) is 83.0 Å². The van der Waals surface area contributed by atoms with E-state index in [-0.39, 0.29) is 23.4 Å². The van der Waals surface area contributed by atoms with Gasteiger partial charge in [0.15, 0.2) is 0 Å². The van der Waals surface area contributed by atoms with Crippen LogP contribution in [0.3, 0.4) is 0 Å². The molecule has 1 unspecified atom stereocenters. The number of rotatable bonds is 7. The minimum Gasteiger partial charge on any atom is -0.337 e. The zero-order chi connectivity index (χ0) is 29.4. The number of piperidine rings is 1.